The molecule has 0 fully saturated rings. The van der Waals surface area contributed by atoms with Crippen LogP contribution in [0.5, 0.6) is 0 Å². The maximum atomic E-state index is 12.9. The highest BCUT2D eigenvalue weighted by Gasteiger charge is 2.31. The standard InChI is InChI=1S/C20H18ClF3N4O2S/c1-2-25-17(30)12-5-6-16-15(9-12)27-19(28(16)7-3-4-8-29)31-18-14(21)10-13(11-26-18)20(22,23)24/h5-6,8-11H,2-4,7H2,1H3,(H,25,30). The second kappa shape index (κ2) is 9.69. The number of aldehydes is 1. The van der Waals surface area contributed by atoms with Crippen molar-refractivity contribution in [2.45, 2.75) is 42.7 Å². The van der Waals surface area contributed by atoms with E-state index in [0.29, 0.717) is 42.2 Å². The van der Waals surface area contributed by atoms with E-state index in [1.165, 1.54) is 0 Å². The number of benzene rings is 1. The minimum atomic E-state index is -4.54. The van der Waals surface area contributed by atoms with Crippen molar-refractivity contribution < 1.29 is 22.8 Å². The number of halogens is 4. The van der Waals surface area contributed by atoms with Crippen LogP contribution in [0.2, 0.25) is 5.02 Å². The number of hydrogen-bond donors (Lipinski definition) is 1. The Labute approximate surface area is 185 Å². The van der Waals surface area contributed by atoms with Crippen LogP contribution in [0.4, 0.5) is 13.2 Å². The van der Waals surface area contributed by atoms with Crippen molar-refractivity contribution in [3.05, 3.63) is 46.6 Å². The summed E-state index contributed by atoms with van der Waals surface area (Å²) in [6, 6.07) is 5.88. The first kappa shape index (κ1) is 23.1. The number of unbranched alkanes of at least 4 members (excludes halogenated alkanes) is 1. The number of alkyl halides is 3. The highest BCUT2D eigenvalue weighted by Crippen LogP contribution is 2.37. The minimum absolute atomic E-state index is 0.144. The number of pyridine rings is 1. The molecule has 0 spiro atoms. The maximum absolute atomic E-state index is 12.9. The quantitative estimate of drug-likeness (QED) is 0.371. The molecule has 1 amide bonds. The molecule has 0 aliphatic carbocycles. The Balaban J connectivity index is 2.00. The monoisotopic (exact) mass is 470 g/mol. The normalized spacial score (nSPS) is 11.6. The number of aromatic nitrogens is 3. The molecular formula is C20H18ClF3N4O2S. The third kappa shape index (κ3) is 5.37. The van der Waals surface area contributed by atoms with Gasteiger partial charge in [-0.3, -0.25) is 4.79 Å². The van der Waals surface area contributed by atoms with Crippen molar-refractivity contribution in [3.8, 4) is 0 Å². The first-order valence-electron chi connectivity index (χ1n) is 9.37. The lowest BCUT2D eigenvalue weighted by Crippen LogP contribution is -2.22. The SMILES string of the molecule is CCNC(=O)c1ccc2c(c1)nc(Sc1ncc(C(F)(F)F)cc1Cl)n2CCCC=O. The molecule has 2 aromatic heterocycles. The van der Waals surface area contributed by atoms with Crippen LogP contribution in [0.3, 0.4) is 0 Å². The topological polar surface area (TPSA) is 76.9 Å². The molecule has 1 N–H and O–H groups in total. The molecule has 1 aromatic carbocycles. The van der Waals surface area contributed by atoms with Crippen molar-refractivity contribution in [2.24, 2.45) is 0 Å². The van der Waals surface area contributed by atoms with Gasteiger partial charge in [-0.25, -0.2) is 9.97 Å². The van der Waals surface area contributed by atoms with Gasteiger partial charge in [-0.15, -0.1) is 0 Å². The van der Waals surface area contributed by atoms with E-state index in [1.54, 1.807) is 18.2 Å². The molecule has 6 nitrogen and oxygen atoms in total. The number of carbonyl (C=O) groups excluding carboxylic acids is 2. The summed E-state index contributed by atoms with van der Waals surface area (Å²) in [7, 11) is 0. The highest BCUT2D eigenvalue weighted by atomic mass is 35.5. The number of aryl methyl sites for hydroxylation is 1. The number of amides is 1. The molecule has 31 heavy (non-hydrogen) atoms. The molecule has 0 bridgehead atoms. The van der Waals surface area contributed by atoms with Crippen molar-refractivity contribution >= 4 is 46.6 Å². The molecule has 3 aromatic rings. The van der Waals surface area contributed by atoms with Crippen molar-refractivity contribution in [1.29, 1.82) is 0 Å². The fourth-order valence-corrected chi connectivity index (χ4v) is 4.04. The zero-order valence-corrected chi connectivity index (χ0v) is 17.9. The summed E-state index contributed by atoms with van der Waals surface area (Å²) in [5.41, 5.74) is 0.770. The van der Waals surface area contributed by atoms with Crippen LogP contribution >= 0.6 is 23.4 Å². The first-order chi connectivity index (χ1) is 14.7. The molecule has 3 rings (SSSR count). The average Bonchev–Trinajstić information content (AvgIpc) is 3.05. The Hall–Kier alpha value is -2.59. The Kier molecular flexibility index (Phi) is 7.22. The Bertz CT molecular complexity index is 1120. The van der Waals surface area contributed by atoms with E-state index in [1.807, 2.05) is 11.5 Å². The Morgan fingerprint density at radius 1 is 1.32 bits per heavy atom. The number of hydrogen-bond acceptors (Lipinski definition) is 5. The number of imidazole rings is 1. The van der Waals surface area contributed by atoms with E-state index in [0.717, 1.165) is 35.8 Å². The molecule has 0 atom stereocenters. The molecule has 164 valence electrons. The van der Waals surface area contributed by atoms with E-state index < -0.39 is 11.7 Å². The van der Waals surface area contributed by atoms with Crippen LogP contribution in [0, 0.1) is 0 Å². The van der Waals surface area contributed by atoms with Crippen LogP contribution in [-0.2, 0) is 17.5 Å². The molecule has 0 aliphatic heterocycles. The summed E-state index contributed by atoms with van der Waals surface area (Å²) < 4.78 is 40.5. The van der Waals surface area contributed by atoms with Gasteiger partial charge in [0, 0.05) is 31.3 Å². The van der Waals surface area contributed by atoms with Gasteiger partial charge < -0.3 is 14.7 Å². The average molecular weight is 471 g/mol. The zero-order chi connectivity index (χ0) is 22.6. The van der Waals surface area contributed by atoms with Crippen LogP contribution in [0.1, 0.15) is 35.7 Å². The van der Waals surface area contributed by atoms with E-state index in [9.17, 15) is 22.8 Å². The van der Waals surface area contributed by atoms with Crippen LogP contribution < -0.4 is 5.32 Å². The molecule has 11 heteroatoms. The molecular weight excluding hydrogens is 453 g/mol. The smallest absolute Gasteiger partial charge is 0.352 e. The molecule has 0 saturated carbocycles. The zero-order valence-electron chi connectivity index (χ0n) is 16.4. The third-order valence-corrected chi connectivity index (χ3v) is 5.75. The van der Waals surface area contributed by atoms with Crippen molar-refractivity contribution in [2.75, 3.05) is 6.54 Å². The molecule has 0 radical (unpaired) electrons. The lowest BCUT2D eigenvalue weighted by Gasteiger charge is -2.10. The second-order valence-electron chi connectivity index (χ2n) is 6.53. The summed E-state index contributed by atoms with van der Waals surface area (Å²) in [5.74, 6) is -0.235. The lowest BCUT2D eigenvalue weighted by molar-refractivity contribution is -0.137. The predicted octanol–water partition coefficient (Wildman–Crippen LogP) is 4.98. The largest absolute Gasteiger partial charge is 0.417 e. The predicted molar refractivity (Wildman–Crippen MR) is 111 cm³/mol. The molecule has 0 aliphatic rings. The molecule has 0 saturated heterocycles. The summed E-state index contributed by atoms with van der Waals surface area (Å²) >= 11 is 7.07. The molecule has 0 unspecified atom stereocenters. The lowest BCUT2D eigenvalue weighted by atomic mass is 10.2. The first-order valence-corrected chi connectivity index (χ1v) is 10.6. The summed E-state index contributed by atoms with van der Waals surface area (Å²) in [6.07, 6.45) is -2.11. The van der Waals surface area contributed by atoms with Gasteiger partial charge in [0.05, 0.1) is 21.6 Å². The van der Waals surface area contributed by atoms with Gasteiger partial charge in [0.1, 0.15) is 11.3 Å². The van der Waals surface area contributed by atoms with Crippen molar-refractivity contribution in [3.63, 3.8) is 0 Å². The summed E-state index contributed by atoms with van der Waals surface area (Å²) in [4.78, 5) is 31.2. The van der Waals surface area contributed by atoms with E-state index in [2.05, 4.69) is 15.3 Å². The maximum Gasteiger partial charge on any atom is 0.417 e. The Morgan fingerprint density at radius 2 is 2.10 bits per heavy atom. The van der Waals surface area contributed by atoms with E-state index >= 15 is 0 Å². The van der Waals surface area contributed by atoms with Gasteiger partial charge >= 0.3 is 6.18 Å². The number of fused-ring (bicyclic) bond motifs is 1. The number of nitrogens with one attached hydrogen (secondary N) is 1. The Morgan fingerprint density at radius 3 is 2.74 bits per heavy atom. The molecule has 2 heterocycles. The van der Waals surface area contributed by atoms with Gasteiger partial charge in [-0.1, -0.05) is 11.6 Å². The number of nitrogens with zero attached hydrogens (tertiary/aromatic N) is 3. The highest BCUT2D eigenvalue weighted by molar-refractivity contribution is 7.99. The summed E-state index contributed by atoms with van der Waals surface area (Å²) in [5, 5.41) is 3.19. The van der Waals surface area contributed by atoms with Crippen LogP contribution in [-0.4, -0.2) is 33.3 Å². The van der Waals surface area contributed by atoms with Gasteiger partial charge in [-0.05, 0) is 49.4 Å². The van der Waals surface area contributed by atoms with Crippen LogP contribution in [0.25, 0.3) is 11.0 Å². The van der Waals surface area contributed by atoms with E-state index in [-0.39, 0.29) is 16.0 Å². The van der Waals surface area contributed by atoms with Gasteiger partial charge in [-0.2, -0.15) is 13.2 Å². The van der Waals surface area contributed by atoms with E-state index in [4.69, 9.17) is 11.6 Å². The second-order valence-corrected chi connectivity index (χ2v) is 7.89. The minimum Gasteiger partial charge on any atom is -0.352 e. The third-order valence-electron chi connectivity index (χ3n) is 4.34. The number of carbonyl (C=O) groups is 2. The van der Waals surface area contributed by atoms with Crippen molar-refractivity contribution in [1.82, 2.24) is 19.9 Å². The van der Waals surface area contributed by atoms with Crippen LogP contribution in [0.15, 0.2) is 40.6 Å². The fraction of sp³-hybridized carbons (Fsp3) is 0.300. The fourth-order valence-electron chi connectivity index (χ4n) is 2.88. The van der Waals surface area contributed by atoms with Gasteiger partial charge in [0.25, 0.3) is 5.91 Å². The van der Waals surface area contributed by atoms with Gasteiger partial charge in [0.15, 0.2) is 5.16 Å². The number of rotatable bonds is 8. The summed E-state index contributed by atoms with van der Waals surface area (Å²) in [6.45, 7) is 2.75. The van der Waals surface area contributed by atoms with Gasteiger partial charge in [0.2, 0.25) is 0 Å².